The van der Waals surface area contributed by atoms with Gasteiger partial charge in [-0.05, 0) is 45.0 Å². The Morgan fingerprint density at radius 2 is 1.89 bits per heavy atom. The topological polar surface area (TPSA) is 52.1 Å². The van der Waals surface area contributed by atoms with E-state index in [2.05, 4.69) is 27.6 Å². The van der Waals surface area contributed by atoms with Crippen molar-refractivity contribution in [2.75, 3.05) is 65.4 Å². The molecule has 28 heavy (non-hydrogen) atoms. The fourth-order valence-corrected chi connectivity index (χ4v) is 2.84. The van der Waals surface area contributed by atoms with E-state index in [1.807, 2.05) is 30.9 Å². The molecule has 6 nitrogen and oxygen atoms in total. The summed E-state index contributed by atoms with van der Waals surface area (Å²) >= 11 is 0. The van der Waals surface area contributed by atoms with Crippen LogP contribution in [0.1, 0.15) is 25.8 Å². The molecule has 0 aliphatic rings. The van der Waals surface area contributed by atoms with Crippen LogP contribution in [0, 0.1) is 5.82 Å². The Morgan fingerprint density at radius 1 is 1.18 bits per heavy atom. The number of anilines is 1. The van der Waals surface area contributed by atoms with E-state index in [0.29, 0.717) is 18.2 Å². The lowest BCUT2D eigenvalue weighted by atomic mass is 10.2. The number of benzene rings is 1. The molecule has 8 heteroatoms. The highest BCUT2D eigenvalue weighted by Gasteiger charge is 2.09. The first-order valence-corrected chi connectivity index (χ1v) is 9.71. The van der Waals surface area contributed by atoms with Crippen molar-refractivity contribution >= 4 is 35.6 Å². The summed E-state index contributed by atoms with van der Waals surface area (Å²) in [5.74, 6) is 0.534. The number of ether oxygens (including phenoxy) is 1. The monoisotopic (exact) mass is 509 g/mol. The Balaban J connectivity index is 0.00000729. The molecule has 0 aromatic heterocycles. The fourth-order valence-electron chi connectivity index (χ4n) is 2.84. The molecule has 0 aliphatic carbocycles. The Kier molecular flexibility index (Phi) is 15.1. The number of likely N-dealkylation sites (N-methyl/N-ethyl adjacent to an activating group) is 1. The Morgan fingerprint density at radius 3 is 2.46 bits per heavy atom. The number of hydrogen-bond acceptors (Lipinski definition) is 4. The van der Waals surface area contributed by atoms with Crippen LogP contribution < -0.4 is 15.5 Å². The van der Waals surface area contributed by atoms with Crippen LogP contribution in [-0.2, 0) is 11.3 Å². The van der Waals surface area contributed by atoms with Crippen LogP contribution in [0.15, 0.2) is 23.2 Å². The predicted molar refractivity (Wildman–Crippen MR) is 128 cm³/mol. The maximum atomic E-state index is 14.4. The van der Waals surface area contributed by atoms with Gasteiger partial charge in [-0.3, -0.25) is 4.99 Å². The highest BCUT2D eigenvalue weighted by Crippen LogP contribution is 2.20. The summed E-state index contributed by atoms with van der Waals surface area (Å²) in [6.45, 7) is 9.66. The molecule has 0 atom stereocenters. The van der Waals surface area contributed by atoms with E-state index in [1.54, 1.807) is 20.2 Å². The maximum absolute atomic E-state index is 14.4. The zero-order valence-corrected chi connectivity index (χ0v) is 20.3. The molecule has 1 aromatic carbocycles. The first kappa shape index (κ1) is 26.9. The van der Waals surface area contributed by atoms with Crippen LogP contribution in [0.25, 0.3) is 0 Å². The summed E-state index contributed by atoms with van der Waals surface area (Å²) in [6.07, 6.45) is 1.02. The van der Waals surface area contributed by atoms with Gasteiger partial charge in [0, 0.05) is 60.0 Å². The number of rotatable bonds is 12. The van der Waals surface area contributed by atoms with Crippen LogP contribution >= 0.6 is 24.0 Å². The van der Waals surface area contributed by atoms with Gasteiger partial charge in [-0.25, -0.2) is 4.39 Å². The average Bonchev–Trinajstić information content (AvgIpc) is 2.67. The third-order valence-electron chi connectivity index (χ3n) is 4.47. The Hall–Kier alpha value is -1.13. The minimum Gasteiger partial charge on any atom is -0.385 e. The number of hydrogen-bond donors (Lipinski definition) is 2. The summed E-state index contributed by atoms with van der Waals surface area (Å²) in [7, 11) is 5.55. The second-order valence-corrected chi connectivity index (χ2v) is 6.46. The predicted octanol–water partition coefficient (Wildman–Crippen LogP) is 2.92. The van der Waals surface area contributed by atoms with Crippen molar-refractivity contribution < 1.29 is 9.13 Å². The normalized spacial score (nSPS) is 11.3. The first-order chi connectivity index (χ1) is 13.0. The standard InChI is InChI=1S/C20H36FN5O.HI/c1-6-26(7-2)19-10-9-17(15-18(19)21)16-24-20(22-3)23-11-13-25(4)12-8-14-27-5;/h9-10,15H,6-8,11-14,16H2,1-5H3,(H2,22,23,24);1H. The largest absolute Gasteiger partial charge is 0.385 e. The Labute approximate surface area is 186 Å². The van der Waals surface area contributed by atoms with Crippen LogP contribution in [0.3, 0.4) is 0 Å². The molecule has 0 bridgehead atoms. The van der Waals surface area contributed by atoms with Gasteiger partial charge in [-0.1, -0.05) is 6.07 Å². The molecular formula is C20H37FIN5O. The van der Waals surface area contributed by atoms with Gasteiger partial charge in [0.15, 0.2) is 5.96 Å². The van der Waals surface area contributed by atoms with Crippen molar-refractivity contribution in [1.29, 1.82) is 0 Å². The van der Waals surface area contributed by atoms with Crippen LogP contribution in [0.2, 0.25) is 0 Å². The molecule has 0 amide bonds. The average molecular weight is 509 g/mol. The molecule has 0 heterocycles. The third-order valence-corrected chi connectivity index (χ3v) is 4.47. The van der Waals surface area contributed by atoms with Gasteiger partial charge >= 0.3 is 0 Å². The number of halogens is 2. The van der Waals surface area contributed by atoms with Crippen molar-refractivity contribution in [2.45, 2.75) is 26.8 Å². The molecule has 0 spiro atoms. The van der Waals surface area contributed by atoms with Gasteiger partial charge in [0.2, 0.25) is 0 Å². The van der Waals surface area contributed by atoms with Crippen molar-refractivity contribution in [3.63, 3.8) is 0 Å². The van der Waals surface area contributed by atoms with Crippen LogP contribution in [-0.4, -0.2) is 71.4 Å². The van der Waals surface area contributed by atoms with E-state index in [-0.39, 0.29) is 29.8 Å². The quantitative estimate of drug-likeness (QED) is 0.197. The zero-order valence-electron chi connectivity index (χ0n) is 17.9. The van der Waals surface area contributed by atoms with Gasteiger partial charge in [0.1, 0.15) is 5.82 Å². The van der Waals surface area contributed by atoms with Gasteiger partial charge in [0.05, 0.1) is 5.69 Å². The smallest absolute Gasteiger partial charge is 0.191 e. The van der Waals surface area contributed by atoms with E-state index >= 15 is 0 Å². The van der Waals surface area contributed by atoms with Gasteiger partial charge in [0.25, 0.3) is 0 Å². The number of nitrogens with zero attached hydrogens (tertiary/aromatic N) is 3. The third kappa shape index (κ3) is 9.88. The molecule has 162 valence electrons. The zero-order chi connectivity index (χ0) is 20.1. The van der Waals surface area contributed by atoms with Gasteiger partial charge in [-0.15, -0.1) is 24.0 Å². The fraction of sp³-hybridized carbons (Fsp3) is 0.650. The van der Waals surface area contributed by atoms with Crippen molar-refractivity contribution in [3.8, 4) is 0 Å². The lowest BCUT2D eigenvalue weighted by Crippen LogP contribution is -2.40. The van der Waals surface area contributed by atoms with Crippen molar-refractivity contribution in [1.82, 2.24) is 15.5 Å². The number of aliphatic imine (C=N–C) groups is 1. The van der Waals surface area contributed by atoms with E-state index in [4.69, 9.17) is 4.74 Å². The number of nitrogens with one attached hydrogen (secondary N) is 2. The molecule has 0 saturated carbocycles. The molecule has 1 aromatic rings. The second kappa shape index (κ2) is 15.8. The summed E-state index contributed by atoms with van der Waals surface area (Å²) in [5.41, 5.74) is 1.55. The van der Waals surface area contributed by atoms with Crippen molar-refractivity contribution in [3.05, 3.63) is 29.6 Å². The molecule has 0 aliphatic heterocycles. The first-order valence-electron chi connectivity index (χ1n) is 9.71. The second-order valence-electron chi connectivity index (χ2n) is 6.46. The van der Waals surface area contributed by atoms with E-state index in [1.165, 1.54) is 0 Å². The lowest BCUT2D eigenvalue weighted by Gasteiger charge is -2.22. The highest BCUT2D eigenvalue weighted by molar-refractivity contribution is 14.0. The summed E-state index contributed by atoms with van der Waals surface area (Å²) < 4.78 is 19.4. The Bertz CT molecular complexity index is 570. The number of guanidine groups is 1. The summed E-state index contributed by atoms with van der Waals surface area (Å²) in [5, 5.41) is 6.52. The number of methoxy groups -OCH3 is 1. The van der Waals surface area contributed by atoms with E-state index in [0.717, 1.165) is 51.3 Å². The summed E-state index contributed by atoms with van der Waals surface area (Å²) in [6, 6.07) is 5.41. The van der Waals surface area contributed by atoms with Gasteiger partial charge in [-0.2, -0.15) is 0 Å². The highest BCUT2D eigenvalue weighted by atomic mass is 127. The van der Waals surface area contributed by atoms with Crippen molar-refractivity contribution in [2.24, 2.45) is 4.99 Å². The minimum absolute atomic E-state index is 0. The van der Waals surface area contributed by atoms with Gasteiger partial charge < -0.3 is 25.2 Å². The molecular weight excluding hydrogens is 472 g/mol. The SMILES string of the molecule is CCN(CC)c1ccc(CNC(=NC)NCCN(C)CCCOC)cc1F.I. The maximum Gasteiger partial charge on any atom is 0.191 e. The lowest BCUT2D eigenvalue weighted by molar-refractivity contribution is 0.180. The molecule has 1 rings (SSSR count). The van der Waals surface area contributed by atoms with E-state index < -0.39 is 0 Å². The molecule has 0 saturated heterocycles. The van der Waals surface area contributed by atoms with E-state index in [9.17, 15) is 4.39 Å². The molecule has 2 N–H and O–H groups in total. The summed E-state index contributed by atoms with van der Waals surface area (Å²) in [4.78, 5) is 8.48. The van der Waals surface area contributed by atoms with Crippen LogP contribution in [0.5, 0.6) is 0 Å². The van der Waals surface area contributed by atoms with Crippen LogP contribution in [0.4, 0.5) is 10.1 Å². The minimum atomic E-state index is -0.182. The molecule has 0 radical (unpaired) electrons. The molecule has 0 fully saturated rings. The molecule has 0 unspecified atom stereocenters.